The fraction of sp³-hybridized carbons (Fsp3) is 0.267. The number of rotatable bonds is 5. The van der Waals surface area contributed by atoms with E-state index in [1.165, 1.54) is 16.3 Å². The predicted molar refractivity (Wildman–Crippen MR) is 74.3 cm³/mol. The van der Waals surface area contributed by atoms with Gasteiger partial charge in [0.05, 0.1) is 7.11 Å². The zero-order chi connectivity index (χ0) is 12.8. The third-order valence-corrected chi connectivity index (χ3v) is 2.72. The van der Waals surface area contributed by atoms with Crippen molar-refractivity contribution in [1.82, 2.24) is 0 Å². The van der Waals surface area contributed by atoms with Gasteiger partial charge < -0.3 is 9.57 Å². The summed E-state index contributed by atoms with van der Waals surface area (Å²) in [6.45, 7) is 2.52. The van der Waals surface area contributed by atoms with Crippen LogP contribution < -0.4 is 4.74 Å². The van der Waals surface area contributed by atoms with Crippen LogP contribution in [0.4, 0.5) is 0 Å². The van der Waals surface area contributed by atoms with Gasteiger partial charge in [-0.3, -0.25) is 0 Å². The molecule has 2 rings (SSSR count). The van der Waals surface area contributed by atoms with Crippen molar-refractivity contribution in [3.63, 3.8) is 0 Å². The van der Waals surface area contributed by atoms with Crippen LogP contribution in [0, 0.1) is 0 Å². The minimum atomic E-state index is 0.605. The van der Waals surface area contributed by atoms with Crippen molar-refractivity contribution in [3.8, 4) is 5.75 Å². The van der Waals surface area contributed by atoms with Gasteiger partial charge in [0.25, 0.3) is 0 Å². The van der Waals surface area contributed by atoms with E-state index in [1.807, 2.05) is 19.1 Å². The zero-order valence-electron chi connectivity index (χ0n) is 10.7. The summed E-state index contributed by atoms with van der Waals surface area (Å²) in [6, 6.07) is 12.4. The molecule has 2 aromatic rings. The molecule has 0 aromatic heterocycles. The molecular formula is C15H17NO2. The lowest BCUT2D eigenvalue weighted by Crippen LogP contribution is -1.89. The van der Waals surface area contributed by atoms with Gasteiger partial charge in [0.15, 0.2) is 0 Å². The number of ether oxygens (including phenoxy) is 1. The van der Waals surface area contributed by atoms with Crippen molar-refractivity contribution in [3.05, 3.63) is 42.0 Å². The molecule has 0 spiro atoms. The van der Waals surface area contributed by atoms with Crippen LogP contribution in [0.1, 0.15) is 12.5 Å². The zero-order valence-corrected chi connectivity index (χ0v) is 10.7. The van der Waals surface area contributed by atoms with Gasteiger partial charge in [-0.05, 0) is 35.4 Å². The molecule has 94 valence electrons. The highest BCUT2D eigenvalue weighted by Crippen LogP contribution is 2.21. The summed E-state index contributed by atoms with van der Waals surface area (Å²) < 4.78 is 5.21. The number of hydrogen-bond acceptors (Lipinski definition) is 3. The lowest BCUT2D eigenvalue weighted by atomic mass is 10.1. The summed E-state index contributed by atoms with van der Waals surface area (Å²) in [4.78, 5) is 4.93. The van der Waals surface area contributed by atoms with E-state index < -0.39 is 0 Å². The molecule has 0 unspecified atom stereocenters. The average Bonchev–Trinajstić information content (AvgIpc) is 2.43. The predicted octanol–water partition coefficient (Wildman–Crippen LogP) is 3.41. The Morgan fingerprint density at radius 2 is 1.89 bits per heavy atom. The molecule has 3 nitrogen and oxygen atoms in total. The van der Waals surface area contributed by atoms with Gasteiger partial charge in [0.2, 0.25) is 0 Å². The highest BCUT2D eigenvalue weighted by atomic mass is 16.6. The molecule has 18 heavy (non-hydrogen) atoms. The maximum absolute atomic E-state index is 5.21. The molecule has 3 heteroatoms. The van der Waals surface area contributed by atoms with Crippen molar-refractivity contribution in [2.75, 3.05) is 13.7 Å². The molecule has 0 amide bonds. The summed E-state index contributed by atoms with van der Waals surface area (Å²) in [5, 5.41) is 6.23. The second-order valence-corrected chi connectivity index (χ2v) is 3.96. The third-order valence-electron chi connectivity index (χ3n) is 2.72. The molecule has 0 heterocycles. The van der Waals surface area contributed by atoms with Gasteiger partial charge in [-0.25, -0.2) is 0 Å². The van der Waals surface area contributed by atoms with Gasteiger partial charge >= 0.3 is 0 Å². The number of hydrogen-bond donors (Lipinski definition) is 0. The Morgan fingerprint density at radius 1 is 1.11 bits per heavy atom. The molecule has 0 saturated heterocycles. The molecule has 0 aliphatic heterocycles. The molecule has 0 N–H and O–H groups in total. The molecular weight excluding hydrogens is 226 g/mol. The van der Waals surface area contributed by atoms with Crippen LogP contribution in [0.5, 0.6) is 5.75 Å². The summed E-state index contributed by atoms with van der Waals surface area (Å²) in [7, 11) is 1.68. The van der Waals surface area contributed by atoms with Gasteiger partial charge in [0, 0.05) is 12.6 Å². The van der Waals surface area contributed by atoms with Crippen molar-refractivity contribution in [2.24, 2.45) is 5.16 Å². The first-order valence-electron chi connectivity index (χ1n) is 6.04. The topological polar surface area (TPSA) is 30.8 Å². The lowest BCUT2D eigenvalue weighted by Gasteiger charge is -2.04. The fourth-order valence-corrected chi connectivity index (χ4v) is 1.80. The maximum atomic E-state index is 5.21. The van der Waals surface area contributed by atoms with Crippen LogP contribution in [-0.2, 0) is 11.3 Å². The van der Waals surface area contributed by atoms with Crippen molar-refractivity contribution in [2.45, 2.75) is 13.3 Å². The summed E-state index contributed by atoms with van der Waals surface area (Å²) in [5.74, 6) is 0.883. The van der Waals surface area contributed by atoms with Crippen LogP contribution >= 0.6 is 0 Å². The van der Waals surface area contributed by atoms with Gasteiger partial charge in [-0.1, -0.05) is 29.4 Å². The van der Waals surface area contributed by atoms with Crippen LogP contribution in [0.3, 0.4) is 0 Å². The highest BCUT2D eigenvalue weighted by Gasteiger charge is 1.98. The average molecular weight is 243 g/mol. The molecule has 0 saturated carbocycles. The summed E-state index contributed by atoms with van der Waals surface area (Å²) in [5.41, 5.74) is 1.22. The number of methoxy groups -OCH3 is 1. The first-order valence-corrected chi connectivity index (χ1v) is 6.04. The number of oxime groups is 1. The van der Waals surface area contributed by atoms with E-state index in [0.29, 0.717) is 6.61 Å². The molecule has 0 atom stereocenters. The molecule has 0 aliphatic carbocycles. The standard InChI is InChI=1S/C15H17NO2/c1-3-18-16-9-8-12-4-5-14-11-15(17-2)7-6-13(14)10-12/h4-7,9-11H,3,8H2,1-2H3. The van der Waals surface area contributed by atoms with Crippen LogP contribution in [0.15, 0.2) is 41.6 Å². The van der Waals surface area contributed by atoms with Crippen LogP contribution in [0.2, 0.25) is 0 Å². The number of fused-ring (bicyclic) bond motifs is 1. The van der Waals surface area contributed by atoms with Crippen LogP contribution in [-0.4, -0.2) is 19.9 Å². The quantitative estimate of drug-likeness (QED) is 0.595. The largest absolute Gasteiger partial charge is 0.497 e. The van der Waals surface area contributed by atoms with Gasteiger partial charge in [0.1, 0.15) is 12.4 Å². The smallest absolute Gasteiger partial charge is 0.119 e. The lowest BCUT2D eigenvalue weighted by molar-refractivity contribution is 0.160. The Morgan fingerprint density at radius 3 is 2.67 bits per heavy atom. The first kappa shape index (κ1) is 12.4. The normalized spacial score (nSPS) is 11.0. The SMILES string of the molecule is CCON=CCc1ccc2cc(OC)ccc2c1. The van der Waals surface area contributed by atoms with E-state index in [4.69, 9.17) is 9.57 Å². The molecule has 0 bridgehead atoms. The van der Waals surface area contributed by atoms with E-state index in [0.717, 1.165) is 12.2 Å². The minimum absolute atomic E-state index is 0.605. The van der Waals surface area contributed by atoms with E-state index >= 15 is 0 Å². The Balaban J connectivity index is 2.17. The van der Waals surface area contributed by atoms with Crippen molar-refractivity contribution in [1.29, 1.82) is 0 Å². The highest BCUT2D eigenvalue weighted by molar-refractivity contribution is 5.85. The third kappa shape index (κ3) is 3.00. The molecule has 0 fully saturated rings. The Hall–Kier alpha value is -2.03. The molecule has 0 aliphatic rings. The second-order valence-electron chi connectivity index (χ2n) is 3.96. The van der Waals surface area contributed by atoms with E-state index in [-0.39, 0.29) is 0 Å². The maximum Gasteiger partial charge on any atom is 0.119 e. The van der Waals surface area contributed by atoms with E-state index in [9.17, 15) is 0 Å². The molecule has 2 aromatic carbocycles. The summed E-state index contributed by atoms with van der Waals surface area (Å²) in [6.07, 6.45) is 2.57. The van der Waals surface area contributed by atoms with Gasteiger partial charge in [-0.2, -0.15) is 0 Å². The number of nitrogens with zero attached hydrogens (tertiary/aromatic N) is 1. The van der Waals surface area contributed by atoms with Crippen molar-refractivity contribution < 1.29 is 9.57 Å². The van der Waals surface area contributed by atoms with E-state index in [1.54, 1.807) is 13.3 Å². The first-order chi connectivity index (χ1) is 8.83. The monoisotopic (exact) mass is 243 g/mol. The Labute approximate surface area is 107 Å². The number of benzene rings is 2. The van der Waals surface area contributed by atoms with Crippen molar-refractivity contribution >= 4 is 17.0 Å². The Kier molecular flexibility index (Phi) is 4.18. The van der Waals surface area contributed by atoms with E-state index in [2.05, 4.69) is 29.4 Å². The minimum Gasteiger partial charge on any atom is -0.497 e. The second kappa shape index (κ2) is 6.05. The van der Waals surface area contributed by atoms with Gasteiger partial charge in [-0.15, -0.1) is 0 Å². The Bertz CT molecular complexity index is 549. The summed E-state index contributed by atoms with van der Waals surface area (Å²) >= 11 is 0. The molecule has 0 radical (unpaired) electrons. The van der Waals surface area contributed by atoms with Crippen LogP contribution in [0.25, 0.3) is 10.8 Å². The fourth-order valence-electron chi connectivity index (χ4n) is 1.80.